The Hall–Kier alpha value is -3.08. The lowest BCUT2D eigenvalue weighted by molar-refractivity contribution is -0.141. The minimum Gasteiger partial charge on any atom is -0.496 e. The SMILES string of the molecule is COc1ccccc1C(=O)COC(=O)Cc1coc2c(C)c(C)ccc12. The minimum atomic E-state index is -0.478. The molecule has 0 amide bonds. The summed E-state index contributed by atoms with van der Waals surface area (Å²) in [5, 5.41) is 0.890. The predicted octanol–water partition coefficient (Wildman–Crippen LogP) is 4.03. The van der Waals surface area contributed by atoms with Crippen molar-refractivity contribution in [2.24, 2.45) is 0 Å². The fraction of sp³-hybridized carbons (Fsp3) is 0.238. The maximum Gasteiger partial charge on any atom is 0.310 e. The third kappa shape index (κ3) is 3.47. The number of benzene rings is 2. The molecule has 0 saturated carbocycles. The first-order chi connectivity index (χ1) is 12.5. The molecular formula is C21H20O5. The van der Waals surface area contributed by atoms with E-state index in [1.807, 2.05) is 26.0 Å². The average molecular weight is 352 g/mol. The molecule has 3 aromatic rings. The van der Waals surface area contributed by atoms with Crippen molar-refractivity contribution in [3.8, 4) is 5.75 Å². The minimum absolute atomic E-state index is 0.0503. The average Bonchev–Trinajstić information content (AvgIpc) is 3.06. The number of fused-ring (bicyclic) bond motifs is 1. The number of methoxy groups -OCH3 is 1. The Balaban J connectivity index is 1.66. The molecule has 1 aromatic heterocycles. The summed E-state index contributed by atoms with van der Waals surface area (Å²) in [5.74, 6) is -0.325. The number of rotatable bonds is 6. The second-order valence-corrected chi connectivity index (χ2v) is 6.11. The van der Waals surface area contributed by atoms with Crippen molar-refractivity contribution < 1.29 is 23.5 Å². The summed E-state index contributed by atoms with van der Waals surface area (Å²) in [7, 11) is 1.49. The van der Waals surface area contributed by atoms with Gasteiger partial charge in [-0.3, -0.25) is 9.59 Å². The van der Waals surface area contributed by atoms with Crippen LogP contribution in [0.4, 0.5) is 0 Å². The maximum absolute atomic E-state index is 12.3. The highest BCUT2D eigenvalue weighted by atomic mass is 16.5. The van der Waals surface area contributed by atoms with E-state index >= 15 is 0 Å². The summed E-state index contributed by atoms with van der Waals surface area (Å²) in [6, 6.07) is 10.8. The zero-order valence-corrected chi connectivity index (χ0v) is 15.0. The largest absolute Gasteiger partial charge is 0.496 e. The molecule has 0 fully saturated rings. The van der Waals surface area contributed by atoms with Crippen LogP contribution in [0, 0.1) is 13.8 Å². The summed E-state index contributed by atoms with van der Waals surface area (Å²) in [6.07, 6.45) is 1.62. The molecule has 26 heavy (non-hydrogen) atoms. The lowest BCUT2D eigenvalue weighted by Gasteiger charge is -2.08. The van der Waals surface area contributed by atoms with Crippen molar-refractivity contribution in [1.29, 1.82) is 0 Å². The highest BCUT2D eigenvalue weighted by Crippen LogP contribution is 2.27. The number of ether oxygens (including phenoxy) is 2. The molecule has 0 unspecified atom stereocenters. The molecule has 0 saturated heterocycles. The summed E-state index contributed by atoms with van der Waals surface area (Å²) in [4.78, 5) is 24.4. The Morgan fingerprint density at radius 2 is 1.85 bits per heavy atom. The molecule has 0 aliphatic rings. The highest BCUT2D eigenvalue weighted by molar-refractivity contribution is 6.00. The maximum atomic E-state index is 12.3. The normalized spacial score (nSPS) is 10.7. The van der Waals surface area contributed by atoms with Crippen LogP contribution in [0.15, 0.2) is 47.1 Å². The molecule has 3 rings (SSSR count). The number of esters is 1. The van der Waals surface area contributed by atoms with Crippen LogP contribution in [0.25, 0.3) is 11.0 Å². The molecule has 134 valence electrons. The number of ketones is 1. The molecule has 0 atom stereocenters. The van der Waals surface area contributed by atoms with E-state index in [1.165, 1.54) is 7.11 Å². The number of carbonyl (C=O) groups is 2. The summed E-state index contributed by atoms with van der Waals surface area (Å²) in [6.45, 7) is 3.66. The lowest BCUT2D eigenvalue weighted by Crippen LogP contribution is -2.16. The van der Waals surface area contributed by atoms with Gasteiger partial charge in [-0.1, -0.05) is 24.3 Å². The Morgan fingerprint density at radius 3 is 2.62 bits per heavy atom. The summed E-state index contributed by atoms with van der Waals surface area (Å²) in [5.41, 5.74) is 4.09. The van der Waals surface area contributed by atoms with Crippen molar-refractivity contribution in [3.05, 3.63) is 64.9 Å². The third-order valence-electron chi connectivity index (χ3n) is 4.45. The fourth-order valence-electron chi connectivity index (χ4n) is 2.83. The van der Waals surface area contributed by atoms with Gasteiger partial charge in [0.15, 0.2) is 6.61 Å². The van der Waals surface area contributed by atoms with E-state index in [1.54, 1.807) is 30.5 Å². The van der Waals surface area contributed by atoms with Crippen LogP contribution in [0.2, 0.25) is 0 Å². The number of hydrogen-bond acceptors (Lipinski definition) is 5. The van der Waals surface area contributed by atoms with Gasteiger partial charge in [-0.25, -0.2) is 0 Å². The van der Waals surface area contributed by atoms with E-state index in [0.717, 1.165) is 27.7 Å². The topological polar surface area (TPSA) is 65.7 Å². The zero-order valence-electron chi connectivity index (χ0n) is 15.0. The van der Waals surface area contributed by atoms with Crippen molar-refractivity contribution in [2.75, 3.05) is 13.7 Å². The van der Waals surface area contributed by atoms with E-state index < -0.39 is 5.97 Å². The first-order valence-electron chi connectivity index (χ1n) is 8.29. The van der Waals surface area contributed by atoms with Gasteiger partial charge in [0.1, 0.15) is 11.3 Å². The molecule has 0 aliphatic heterocycles. The zero-order chi connectivity index (χ0) is 18.7. The quantitative estimate of drug-likeness (QED) is 0.495. The molecule has 0 radical (unpaired) electrons. The van der Waals surface area contributed by atoms with E-state index in [9.17, 15) is 9.59 Å². The Bertz CT molecular complexity index is 968. The van der Waals surface area contributed by atoms with Gasteiger partial charge in [0.25, 0.3) is 0 Å². The molecule has 0 N–H and O–H groups in total. The monoisotopic (exact) mass is 352 g/mol. The molecular weight excluding hydrogens is 332 g/mol. The van der Waals surface area contributed by atoms with Crippen molar-refractivity contribution in [3.63, 3.8) is 0 Å². The van der Waals surface area contributed by atoms with E-state index in [2.05, 4.69) is 0 Å². The number of aryl methyl sites for hydroxylation is 2. The highest BCUT2D eigenvalue weighted by Gasteiger charge is 2.17. The summed E-state index contributed by atoms with van der Waals surface area (Å²) < 4.78 is 15.9. The van der Waals surface area contributed by atoms with Crippen molar-refractivity contribution in [2.45, 2.75) is 20.3 Å². The van der Waals surface area contributed by atoms with Crippen molar-refractivity contribution in [1.82, 2.24) is 0 Å². The van der Waals surface area contributed by atoms with Gasteiger partial charge in [0, 0.05) is 10.9 Å². The summed E-state index contributed by atoms with van der Waals surface area (Å²) >= 11 is 0. The second kappa shape index (κ2) is 7.44. The molecule has 1 heterocycles. The molecule has 0 spiro atoms. The number of furan rings is 1. The number of Topliss-reactive ketones (excluding diaryl/α,β-unsaturated/α-hetero) is 1. The molecule has 2 aromatic carbocycles. The van der Waals surface area contributed by atoms with Gasteiger partial charge in [-0.05, 0) is 37.1 Å². The second-order valence-electron chi connectivity index (χ2n) is 6.11. The van der Waals surface area contributed by atoms with Gasteiger partial charge in [0.2, 0.25) is 5.78 Å². The first-order valence-corrected chi connectivity index (χ1v) is 8.29. The van der Waals surface area contributed by atoms with Gasteiger partial charge < -0.3 is 13.9 Å². The first kappa shape index (κ1) is 17.7. The van der Waals surface area contributed by atoms with Crippen molar-refractivity contribution >= 4 is 22.7 Å². The molecule has 0 aliphatic carbocycles. The molecule has 5 nitrogen and oxygen atoms in total. The van der Waals surface area contributed by atoms with Gasteiger partial charge in [-0.15, -0.1) is 0 Å². The van der Waals surface area contributed by atoms with Crippen LogP contribution < -0.4 is 4.74 Å². The van der Waals surface area contributed by atoms with E-state index in [4.69, 9.17) is 13.9 Å². The molecule has 5 heteroatoms. The number of carbonyl (C=O) groups excluding carboxylic acids is 2. The lowest BCUT2D eigenvalue weighted by atomic mass is 10.0. The van der Waals surface area contributed by atoms with Crippen LogP contribution in [-0.4, -0.2) is 25.5 Å². The van der Waals surface area contributed by atoms with E-state index in [-0.39, 0.29) is 18.8 Å². The Kier molecular flexibility index (Phi) is 5.07. The van der Waals surface area contributed by atoms with Gasteiger partial charge in [-0.2, -0.15) is 0 Å². The standard InChI is InChI=1S/C21H20O5/c1-13-8-9-16-15(11-26-21(16)14(13)2)10-20(23)25-12-18(22)17-6-4-5-7-19(17)24-3/h4-9,11H,10,12H2,1-3H3. The van der Waals surface area contributed by atoms with Crippen LogP contribution in [0.5, 0.6) is 5.75 Å². The van der Waals surface area contributed by atoms with Gasteiger partial charge >= 0.3 is 5.97 Å². The fourth-order valence-corrected chi connectivity index (χ4v) is 2.83. The predicted molar refractivity (Wildman–Crippen MR) is 97.7 cm³/mol. The smallest absolute Gasteiger partial charge is 0.310 e. The van der Waals surface area contributed by atoms with Crippen LogP contribution in [0.3, 0.4) is 0 Å². The number of hydrogen-bond donors (Lipinski definition) is 0. The molecule has 0 bridgehead atoms. The van der Waals surface area contributed by atoms with E-state index in [0.29, 0.717) is 11.3 Å². The van der Waals surface area contributed by atoms with Crippen LogP contribution in [0.1, 0.15) is 27.0 Å². The number of para-hydroxylation sites is 1. The van der Waals surface area contributed by atoms with Gasteiger partial charge in [0.05, 0.1) is 25.4 Å². The van der Waals surface area contributed by atoms with Crippen LogP contribution in [-0.2, 0) is 16.0 Å². The van der Waals surface area contributed by atoms with Crippen LogP contribution >= 0.6 is 0 Å². The third-order valence-corrected chi connectivity index (χ3v) is 4.45. The Labute approximate surface area is 151 Å². The Morgan fingerprint density at radius 1 is 1.08 bits per heavy atom.